The number of aryl methyl sites for hydroxylation is 1. The fourth-order valence-electron chi connectivity index (χ4n) is 2.87. The average Bonchev–Trinajstić information content (AvgIpc) is 3.13. The molecular weight excluding hydrogens is 379 g/mol. The molecule has 138 valence electrons. The number of amides is 1. The van der Waals surface area contributed by atoms with E-state index in [1.165, 1.54) is 40.7 Å². The third-order valence-electron chi connectivity index (χ3n) is 4.31. The Bertz CT molecular complexity index is 957. The van der Waals surface area contributed by atoms with Crippen molar-refractivity contribution in [2.45, 2.75) is 24.7 Å². The van der Waals surface area contributed by atoms with Gasteiger partial charge >= 0.3 is 0 Å². The van der Waals surface area contributed by atoms with Crippen LogP contribution in [0.2, 0.25) is 5.02 Å². The molecule has 0 aromatic heterocycles. The minimum absolute atomic E-state index is 0.0754. The molecule has 2 aromatic carbocycles. The Kier molecular flexibility index (Phi) is 5.32. The molecule has 0 radical (unpaired) electrons. The number of carbonyl (C=O) groups excluding carboxylic acids is 1. The van der Waals surface area contributed by atoms with Crippen LogP contribution in [0.15, 0.2) is 41.3 Å². The second kappa shape index (κ2) is 7.34. The minimum Gasteiger partial charge on any atom is -0.322 e. The van der Waals surface area contributed by atoms with E-state index in [4.69, 9.17) is 11.6 Å². The molecule has 8 heteroatoms. The number of hydrogen-bond donors (Lipinski definition) is 1. The summed E-state index contributed by atoms with van der Waals surface area (Å²) in [6.45, 7) is 2.57. The summed E-state index contributed by atoms with van der Waals surface area (Å²) in [7, 11) is -3.74. The Hall–Kier alpha value is -1.96. The summed E-state index contributed by atoms with van der Waals surface area (Å²) in [6, 6.07) is 8.15. The van der Waals surface area contributed by atoms with E-state index < -0.39 is 21.7 Å². The van der Waals surface area contributed by atoms with Gasteiger partial charge < -0.3 is 5.32 Å². The van der Waals surface area contributed by atoms with Crippen molar-refractivity contribution < 1.29 is 17.6 Å². The number of sulfonamides is 1. The van der Waals surface area contributed by atoms with Crippen LogP contribution in [0.25, 0.3) is 0 Å². The molecule has 1 aliphatic heterocycles. The van der Waals surface area contributed by atoms with Gasteiger partial charge in [-0.3, -0.25) is 4.79 Å². The zero-order valence-electron chi connectivity index (χ0n) is 14.1. The van der Waals surface area contributed by atoms with Crippen LogP contribution in [0.5, 0.6) is 0 Å². The van der Waals surface area contributed by atoms with Crippen molar-refractivity contribution in [3.05, 3.63) is 58.4 Å². The highest BCUT2D eigenvalue weighted by molar-refractivity contribution is 7.89. The third kappa shape index (κ3) is 3.75. The van der Waals surface area contributed by atoms with Crippen LogP contribution in [0, 0.1) is 12.7 Å². The summed E-state index contributed by atoms with van der Waals surface area (Å²) in [4.78, 5) is 12.4. The number of nitrogens with zero attached hydrogens (tertiary/aromatic N) is 1. The van der Waals surface area contributed by atoms with E-state index in [9.17, 15) is 17.6 Å². The van der Waals surface area contributed by atoms with Gasteiger partial charge in [0, 0.05) is 24.3 Å². The van der Waals surface area contributed by atoms with Gasteiger partial charge in [-0.1, -0.05) is 11.6 Å². The maximum absolute atomic E-state index is 13.2. The number of nitrogens with one attached hydrogen (secondary N) is 1. The normalized spacial score (nSPS) is 15.2. The summed E-state index contributed by atoms with van der Waals surface area (Å²) in [6.07, 6.45) is 1.61. The van der Waals surface area contributed by atoms with Gasteiger partial charge in [0.25, 0.3) is 5.91 Å². The molecule has 3 rings (SSSR count). The molecule has 1 N–H and O–H groups in total. The molecule has 0 bridgehead atoms. The smallest absolute Gasteiger partial charge is 0.255 e. The number of carbonyl (C=O) groups is 1. The standard InChI is InChI=1S/C18H18ClFN2O3S/c1-12-10-14(20)5-7-16(12)21-18(23)13-4-6-15(19)17(11-13)26(24,25)22-8-2-3-9-22/h4-7,10-11H,2-3,8-9H2,1H3,(H,21,23). The SMILES string of the molecule is Cc1cc(F)ccc1NC(=O)c1ccc(Cl)c(S(=O)(=O)N2CCCC2)c1. The molecule has 26 heavy (non-hydrogen) atoms. The second-order valence-electron chi connectivity index (χ2n) is 6.17. The molecule has 5 nitrogen and oxygen atoms in total. The number of benzene rings is 2. The van der Waals surface area contributed by atoms with E-state index in [2.05, 4.69) is 5.32 Å². The Labute approximate surface area is 156 Å². The van der Waals surface area contributed by atoms with Crippen molar-refractivity contribution in [2.24, 2.45) is 0 Å². The number of hydrogen-bond acceptors (Lipinski definition) is 3. The number of halogens is 2. The summed E-state index contributed by atoms with van der Waals surface area (Å²) in [5.74, 6) is -0.889. The van der Waals surface area contributed by atoms with Crippen molar-refractivity contribution >= 4 is 33.2 Å². The fourth-order valence-corrected chi connectivity index (χ4v) is 4.89. The molecule has 1 saturated heterocycles. The lowest BCUT2D eigenvalue weighted by atomic mass is 10.1. The van der Waals surface area contributed by atoms with Crippen molar-refractivity contribution in [3.63, 3.8) is 0 Å². The van der Waals surface area contributed by atoms with Crippen LogP contribution in [0.1, 0.15) is 28.8 Å². The lowest BCUT2D eigenvalue weighted by Crippen LogP contribution is -2.28. The Morgan fingerprint density at radius 1 is 1.15 bits per heavy atom. The van der Waals surface area contributed by atoms with E-state index in [0.717, 1.165) is 12.8 Å². The average molecular weight is 397 g/mol. The lowest BCUT2D eigenvalue weighted by Gasteiger charge is -2.17. The highest BCUT2D eigenvalue weighted by Crippen LogP contribution is 2.28. The fraction of sp³-hybridized carbons (Fsp3) is 0.278. The van der Waals surface area contributed by atoms with E-state index in [1.54, 1.807) is 6.92 Å². The first kappa shape index (κ1) is 18.8. The summed E-state index contributed by atoms with van der Waals surface area (Å²) in [5.41, 5.74) is 1.18. The molecule has 1 heterocycles. The molecule has 0 spiro atoms. The maximum Gasteiger partial charge on any atom is 0.255 e. The highest BCUT2D eigenvalue weighted by atomic mass is 35.5. The van der Waals surface area contributed by atoms with E-state index in [1.807, 2.05) is 0 Å². The summed E-state index contributed by atoms with van der Waals surface area (Å²) in [5, 5.41) is 2.74. The van der Waals surface area contributed by atoms with E-state index in [-0.39, 0.29) is 15.5 Å². The molecule has 0 aliphatic carbocycles. The lowest BCUT2D eigenvalue weighted by molar-refractivity contribution is 0.102. The number of rotatable bonds is 4. The van der Waals surface area contributed by atoms with Gasteiger partial charge in [0.15, 0.2) is 0 Å². The van der Waals surface area contributed by atoms with Crippen LogP contribution in [0.3, 0.4) is 0 Å². The van der Waals surface area contributed by atoms with E-state index >= 15 is 0 Å². The maximum atomic E-state index is 13.2. The Morgan fingerprint density at radius 2 is 1.85 bits per heavy atom. The Morgan fingerprint density at radius 3 is 2.50 bits per heavy atom. The van der Waals surface area contributed by atoms with Crippen LogP contribution in [-0.4, -0.2) is 31.7 Å². The van der Waals surface area contributed by atoms with Gasteiger partial charge in [-0.2, -0.15) is 4.31 Å². The van der Waals surface area contributed by atoms with E-state index in [0.29, 0.717) is 24.3 Å². The van der Waals surface area contributed by atoms with Gasteiger partial charge in [0.2, 0.25) is 10.0 Å². The van der Waals surface area contributed by atoms with Crippen molar-refractivity contribution in [3.8, 4) is 0 Å². The van der Waals surface area contributed by atoms with Gasteiger partial charge in [-0.15, -0.1) is 0 Å². The monoisotopic (exact) mass is 396 g/mol. The van der Waals surface area contributed by atoms with Crippen LogP contribution < -0.4 is 5.32 Å². The largest absolute Gasteiger partial charge is 0.322 e. The minimum atomic E-state index is -3.74. The van der Waals surface area contributed by atoms with Gasteiger partial charge in [-0.05, 0) is 61.7 Å². The molecule has 0 unspecified atom stereocenters. The van der Waals surface area contributed by atoms with Gasteiger partial charge in [0.05, 0.1) is 5.02 Å². The first-order chi connectivity index (χ1) is 12.3. The van der Waals surface area contributed by atoms with Crippen molar-refractivity contribution in [1.82, 2.24) is 4.31 Å². The molecule has 2 aromatic rings. The molecule has 1 amide bonds. The molecular formula is C18H18ClFN2O3S. The van der Waals surface area contributed by atoms with Crippen LogP contribution in [0.4, 0.5) is 10.1 Å². The van der Waals surface area contributed by atoms with Crippen molar-refractivity contribution in [1.29, 1.82) is 0 Å². The third-order valence-corrected chi connectivity index (χ3v) is 6.69. The second-order valence-corrected chi connectivity index (χ2v) is 8.48. The molecule has 1 aliphatic rings. The zero-order valence-corrected chi connectivity index (χ0v) is 15.7. The summed E-state index contributed by atoms with van der Waals surface area (Å²) < 4.78 is 40.1. The molecule has 1 fully saturated rings. The quantitative estimate of drug-likeness (QED) is 0.854. The zero-order chi connectivity index (χ0) is 18.9. The van der Waals surface area contributed by atoms with Crippen LogP contribution in [-0.2, 0) is 10.0 Å². The predicted molar refractivity (Wildman–Crippen MR) is 98.5 cm³/mol. The van der Waals surface area contributed by atoms with Crippen LogP contribution >= 0.6 is 11.6 Å². The first-order valence-electron chi connectivity index (χ1n) is 8.16. The number of anilines is 1. The Balaban J connectivity index is 1.90. The first-order valence-corrected chi connectivity index (χ1v) is 9.98. The predicted octanol–water partition coefficient (Wildman–Crippen LogP) is 3.82. The van der Waals surface area contributed by atoms with Crippen molar-refractivity contribution in [2.75, 3.05) is 18.4 Å². The van der Waals surface area contributed by atoms with Gasteiger partial charge in [0.1, 0.15) is 10.7 Å². The van der Waals surface area contributed by atoms with Gasteiger partial charge in [-0.25, -0.2) is 12.8 Å². The topological polar surface area (TPSA) is 66.5 Å². The molecule has 0 saturated carbocycles. The molecule has 0 atom stereocenters. The highest BCUT2D eigenvalue weighted by Gasteiger charge is 2.29. The summed E-state index contributed by atoms with van der Waals surface area (Å²) >= 11 is 6.09.